The average molecular weight is 330 g/mol. The molecule has 0 fully saturated rings. The summed E-state index contributed by atoms with van der Waals surface area (Å²) in [6.07, 6.45) is 0. The fourth-order valence-electron chi connectivity index (χ4n) is 2.79. The van der Waals surface area contributed by atoms with E-state index in [1.807, 2.05) is 36.4 Å². The van der Waals surface area contributed by atoms with Gasteiger partial charge in [0, 0.05) is 10.8 Å². The van der Waals surface area contributed by atoms with Crippen LogP contribution in [-0.2, 0) is 0 Å². The number of aromatic amines is 1. The lowest BCUT2D eigenvalue weighted by Crippen LogP contribution is -2.09. The first-order chi connectivity index (χ1) is 12.3. The number of nitrogens with one attached hydrogen (secondary N) is 1. The van der Waals surface area contributed by atoms with Gasteiger partial charge in [-0.05, 0) is 18.2 Å². The first kappa shape index (κ1) is 13.7. The first-order valence-electron chi connectivity index (χ1n) is 7.60. The van der Waals surface area contributed by atoms with Gasteiger partial charge in [0.2, 0.25) is 5.82 Å². The highest BCUT2D eigenvalue weighted by molar-refractivity contribution is 5.91. The fourth-order valence-corrected chi connectivity index (χ4v) is 2.79. The lowest BCUT2D eigenvalue weighted by molar-refractivity contribution is 0.429. The topological polar surface area (TPSA) is 97.8 Å². The molecule has 0 atom stereocenters. The summed E-state index contributed by atoms with van der Waals surface area (Å²) in [5.41, 5.74) is 0.901. The van der Waals surface area contributed by atoms with Crippen LogP contribution in [0.3, 0.4) is 0 Å². The van der Waals surface area contributed by atoms with Gasteiger partial charge in [0.05, 0.1) is 5.39 Å². The van der Waals surface area contributed by atoms with Crippen LogP contribution in [0.25, 0.3) is 44.9 Å². The molecule has 5 rings (SSSR count). The molecular formula is C18H10N4O3. The van der Waals surface area contributed by atoms with Crippen molar-refractivity contribution in [1.82, 2.24) is 20.3 Å². The Morgan fingerprint density at radius 1 is 0.960 bits per heavy atom. The van der Waals surface area contributed by atoms with Crippen molar-refractivity contribution < 1.29 is 8.94 Å². The van der Waals surface area contributed by atoms with Crippen molar-refractivity contribution in [2.75, 3.05) is 0 Å². The van der Waals surface area contributed by atoms with Gasteiger partial charge >= 0.3 is 0 Å². The second kappa shape index (κ2) is 5.13. The Labute approximate surface area is 139 Å². The Morgan fingerprint density at radius 2 is 1.76 bits per heavy atom. The maximum Gasteiger partial charge on any atom is 0.279 e. The molecule has 0 saturated carbocycles. The van der Waals surface area contributed by atoms with E-state index in [-0.39, 0.29) is 11.4 Å². The summed E-state index contributed by atoms with van der Waals surface area (Å²) in [6, 6.07) is 16.6. The Morgan fingerprint density at radius 3 is 2.64 bits per heavy atom. The number of furan rings is 1. The van der Waals surface area contributed by atoms with Gasteiger partial charge in [0.25, 0.3) is 11.4 Å². The van der Waals surface area contributed by atoms with Crippen molar-refractivity contribution in [3.05, 3.63) is 65.0 Å². The molecule has 0 amide bonds. The minimum absolute atomic E-state index is 0.211. The van der Waals surface area contributed by atoms with Gasteiger partial charge in [-0.15, -0.1) is 0 Å². The highest BCUT2D eigenvalue weighted by Crippen LogP contribution is 2.28. The van der Waals surface area contributed by atoms with E-state index < -0.39 is 0 Å². The van der Waals surface area contributed by atoms with E-state index in [9.17, 15) is 4.79 Å². The molecule has 0 unspecified atom stereocenters. The summed E-state index contributed by atoms with van der Waals surface area (Å²) in [5, 5.41) is 12.6. The van der Waals surface area contributed by atoms with Crippen LogP contribution in [-0.4, -0.2) is 20.3 Å². The quantitative estimate of drug-likeness (QED) is 0.533. The average Bonchev–Trinajstić information content (AvgIpc) is 3.29. The number of fused-ring (bicyclic) bond motifs is 2. The molecule has 120 valence electrons. The lowest BCUT2D eigenvalue weighted by Gasteiger charge is -1.99. The standard InChI is InChI=1S/C18H10N4O3/c23-17-12-7-3-2-6-11(12)15(20-21-17)18-19-16(22-25-18)14-9-10-5-1-4-8-13(10)24-14/h1-9H,(H,21,23). The van der Waals surface area contributed by atoms with Crippen molar-refractivity contribution in [2.24, 2.45) is 0 Å². The molecular weight excluding hydrogens is 320 g/mol. The third-order valence-corrected chi connectivity index (χ3v) is 3.97. The first-order valence-corrected chi connectivity index (χ1v) is 7.60. The van der Waals surface area contributed by atoms with E-state index in [0.717, 1.165) is 11.0 Å². The van der Waals surface area contributed by atoms with Crippen molar-refractivity contribution in [3.63, 3.8) is 0 Å². The molecule has 0 radical (unpaired) electrons. The molecule has 1 N–H and O–H groups in total. The van der Waals surface area contributed by atoms with Crippen LogP contribution in [0.2, 0.25) is 0 Å². The van der Waals surface area contributed by atoms with Crippen LogP contribution in [0.15, 0.2) is 68.3 Å². The van der Waals surface area contributed by atoms with Crippen LogP contribution in [0.5, 0.6) is 0 Å². The highest BCUT2D eigenvalue weighted by Gasteiger charge is 2.18. The maximum atomic E-state index is 11.9. The number of para-hydroxylation sites is 1. The molecule has 5 aromatic rings. The monoisotopic (exact) mass is 330 g/mol. The fraction of sp³-hybridized carbons (Fsp3) is 0. The largest absolute Gasteiger partial charge is 0.453 e. The molecule has 25 heavy (non-hydrogen) atoms. The molecule has 0 saturated heterocycles. The van der Waals surface area contributed by atoms with Crippen molar-refractivity contribution in [1.29, 1.82) is 0 Å². The number of hydrogen-bond donors (Lipinski definition) is 1. The smallest absolute Gasteiger partial charge is 0.279 e. The molecule has 0 spiro atoms. The summed E-state index contributed by atoms with van der Waals surface area (Å²) in [5.74, 6) is 1.04. The zero-order chi connectivity index (χ0) is 16.8. The van der Waals surface area contributed by atoms with E-state index in [1.165, 1.54) is 0 Å². The molecule has 0 aliphatic rings. The van der Waals surface area contributed by atoms with E-state index in [4.69, 9.17) is 8.94 Å². The molecule has 0 bridgehead atoms. The van der Waals surface area contributed by atoms with Gasteiger partial charge in [-0.25, -0.2) is 5.10 Å². The number of H-pyrrole nitrogens is 1. The van der Waals surface area contributed by atoms with E-state index >= 15 is 0 Å². The Balaban J connectivity index is 1.66. The van der Waals surface area contributed by atoms with E-state index in [1.54, 1.807) is 18.2 Å². The number of aromatic nitrogens is 4. The second-order valence-corrected chi connectivity index (χ2v) is 5.52. The minimum Gasteiger partial charge on any atom is -0.453 e. The summed E-state index contributed by atoms with van der Waals surface area (Å²) >= 11 is 0. The van der Waals surface area contributed by atoms with Crippen LogP contribution >= 0.6 is 0 Å². The second-order valence-electron chi connectivity index (χ2n) is 5.52. The van der Waals surface area contributed by atoms with Gasteiger partial charge < -0.3 is 8.94 Å². The van der Waals surface area contributed by atoms with Crippen molar-refractivity contribution >= 4 is 21.7 Å². The predicted octanol–water partition coefficient (Wildman–Crippen LogP) is 3.39. The normalized spacial score (nSPS) is 11.4. The third-order valence-electron chi connectivity index (χ3n) is 3.97. The number of benzene rings is 2. The van der Waals surface area contributed by atoms with Crippen molar-refractivity contribution in [2.45, 2.75) is 0 Å². The molecule has 3 aromatic heterocycles. The SMILES string of the molecule is O=c1[nH]nc(-c2nc(-c3cc4ccccc4o3)no2)c2ccccc12. The van der Waals surface area contributed by atoms with Crippen molar-refractivity contribution in [3.8, 4) is 23.2 Å². The predicted molar refractivity (Wildman–Crippen MR) is 90.9 cm³/mol. The molecule has 7 nitrogen and oxygen atoms in total. The Hall–Kier alpha value is -3.74. The molecule has 7 heteroatoms. The van der Waals surface area contributed by atoms with Gasteiger partial charge in [-0.1, -0.05) is 41.6 Å². The van der Waals surface area contributed by atoms with Crippen LogP contribution in [0, 0.1) is 0 Å². The van der Waals surface area contributed by atoms with Gasteiger partial charge in [-0.2, -0.15) is 10.1 Å². The summed E-state index contributed by atoms with van der Waals surface area (Å²) in [4.78, 5) is 16.3. The number of rotatable bonds is 2. The zero-order valence-electron chi connectivity index (χ0n) is 12.8. The minimum atomic E-state index is -0.267. The number of hydrogen-bond acceptors (Lipinski definition) is 6. The molecule has 0 aliphatic heterocycles. The molecule has 0 aliphatic carbocycles. The molecule has 2 aromatic carbocycles. The van der Waals surface area contributed by atoms with E-state index in [2.05, 4.69) is 20.3 Å². The Kier molecular flexibility index (Phi) is 2.81. The summed E-state index contributed by atoms with van der Waals surface area (Å²) < 4.78 is 11.1. The van der Waals surface area contributed by atoms with E-state index in [0.29, 0.717) is 28.1 Å². The summed E-state index contributed by atoms with van der Waals surface area (Å²) in [6.45, 7) is 0. The number of nitrogens with zero attached hydrogens (tertiary/aromatic N) is 3. The highest BCUT2D eigenvalue weighted by atomic mass is 16.5. The molecule has 3 heterocycles. The van der Waals surface area contributed by atoms with Crippen LogP contribution in [0.1, 0.15) is 0 Å². The van der Waals surface area contributed by atoms with Crippen LogP contribution in [0.4, 0.5) is 0 Å². The lowest BCUT2D eigenvalue weighted by atomic mass is 10.1. The summed E-state index contributed by atoms with van der Waals surface area (Å²) in [7, 11) is 0. The van der Waals surface area contributed by atoms with Gasteiger partial charge in [-0.3, -0.25) is 4.79 Å². The van der Waals surface area contributed by atoms with Gasteiger partial charge in [0.15, 0.2) is 11.5 Å². The zero-order valence-corrected chi connectivity index (χ0v) is 12.8. The van der Waals surface area contributed by atoms with Crippen LogP contribution < -0.4 is 5.56 Å². The maximum absolute atomic E-state index is 11.9. The Bertz CT molecular complexity index is 1250. The third kappa shape index (κ3) is 2.13. The van der Waals surface area contributed by atoms with Gasteiger partial charge in [0.1, 0.15) is 5.58 Å².